The highest BCUT2D eigenvalue weighted by atomic mass is 16.5. The molecule has 3 aromatic carbocycles. The summed E-state index contributed by atoms with van der Waals surface area (Å²) >= 11 is 0. The second kappa shape index (κ2) is 10.5. The van der Waals surface area contributed by atoms with Crippen LogP contribution < -0.4 is 4.90 Å². The van der Waals surface area contributed by atoms with Crippen molar-refractivity contribution in [2.24, 2.45) is 5.41 Å². The van der Waals surface area contributed by atoms with E-state index < -0.39 is 24.2 Å². The van der Waals surface area contributed by atoms with Crippen LogP contribution in [0, 0.1) is 12.3 Å². The van der Waals surface area contributed by atoms with Gasteiger partial charge in [0.05, 0.1) is 6.42 Å². The van der Waals surface area contributed by atoms with Gasteiger partial charge in [0.25, 0.3) is 5.91 Å². The van der Waals surface area contributed by atoms with E-state index in [2.05, 4.69) is 26.8 Å². The Hall–Kier alpha value is -3.71. The summed E-state index contributed by atoms with van der Waals surface area (Å²) in [5.74, 6) is -1.66. The normalized spacial score (nSPS) is 21.6. The molecule has 3 aromatic rings. The predicted molar refractivity (Wildman–Crippen MR) is 151 cm³/mol. The second-order valence-electron chi connectivity index (χ2n) is 11.9. The van der Waals surface area contributed by atoms with Crippen molar-refractivity contribution in [3.63, 3.8) is 0 Å². The summed E-state index contributed by atoms with van der Waals surface area (Å²) in [6.07, 6.45) is -0.822. The van der Waals surface area contributed by atoms with Gasteiger partial charge in [-0.3, -0.25) is 9.59 Å². The van der Waals surface area contributed by atoms with Gasteiger partial charge >= 0.3 is 5.97 Å². The van der Waals surface area contributed by atoms with Gasteiger partial charge in [-0.25, -0.2) is 4.79 Å². The Morgan fingerprint density at radius 3 is 2.51 bits per heavy atom. The Balaban J connectivity index is 1.63. The molecule has 204 valence electrons. The minimum atomic E-state index is -1.06. The number of hydrogen-bond acceptors (Lipinski definition) is 4. The number of carbonyl (C=O) groups is 3. The predicted octanol–water partition coefficient (Wildman–Crippen LogP) is 5.48. The summed E-state index contributed by atoms with van der Waals surface area (Å²) in [5.41, 5.74) is 3.41. The van der Waals surface area contributed by atoms with Crippen molar-refractivity contribution in [1.82, 2.24) is 4.90 Å². The molecule has 0 aromatic heterocycles. The molecule has 5 rings (SSSR count). The molecule has 2 unspecified atom stereocenters. The minimum absolute atomic E-state index is 0.211. The van der Waals surface area contributed by atoms with E-state index in [1.165, 1.54) is 4.90 Å². The standard InChI is InChI=1S/C32H36N2O5/c1-20-14-15-25-24(17-20)29(23-12-7-10-21-9-5-6-11-22(21)23)39-27(30(36)34(25)19-32(2,3)4)18-28(35)33-16-8-13-26(33)31(37)38/h5-7,9-12,14-15,17,26-27,29H,8,13,16,18-19H2,1-4H3,(H,37,38)/t26-,27?,29?/m0/s1. The van der Waals surface area contributed by atoms with Crippen LogP contribution in [0.25, 0.3) is 10.8 Å². The van der Waals surface area contributed by atoms with Gasteiger partial charge in [-0.15, -0.1) is 0 Å². The lowest BCUT2D eigenvalue weighted by atomic mass is 9.92. The number of hydrogen-bond donors (Lipinski definition) is 1. The molecule has 7 heteroatoms. The van der Waals surface area contributed by atoms with E-state index >= 15 is 0 Å². The molecule has 0 radical (unpaired) electrons. The zero-order valence-electron chi connectivity index (χ0n) is 23.0. The Labute approximate surface area is 229 Å². The molecular weight excluding hydrogens is 492 g/mol. The lowest BCUT2D eigenvalue weighted by Crippen LogP contribution is -2.47. The number of aliphatic carboxylic acids is 1. The molecule has 7 nitrogen and oxygen atoms in total. The van der Waals surface area contributed by atoms with E-state index in [0.29, 0.717) is 25.9 Å². The molecule has 1 fully saturated rings. The fourth-order valence-electron chi connectivity index (χ4n) is 5.81. The Morgan fingerprint density at radius 1 is 1.03 bits per heavy atom. The minimum Gasteiger partial charge on any atom is -0.480 e. The highest BCUT2D eigenvalue weighted by molar-refractivity contribution is 6.01. The monoisotopic (exact) mass is 528 g/mol. The molecule has 2 aliphatic rings. The first-order valence-electron chi connectivity index (χ1n) is 13.6. The number of carboxylic acids is 1. The van der Waals surface area contributed by atoms with Crippen LogP contribution in [0.3, 0.4) is 0 Å². The summed E-state index contributed by atoms with van der Waals surface area (Å²) in [5, 5.41) is 11.7. The fourth-order valence-corrected chi connectivity index (χ4v) is 5.81. The number of carbonyl (C=O) groups excluding carboxylic acids is 2. The number of fused-ring (bicyclic) bond motifs is 2. The smallest absolute Gasteiger partial charge is 0.326 e. The number of rotatable bonds is 5. The number of carboxylic acid groups (broad SMARTS) is 1. The van der Waals surface area contributed by atoms with Crippen molar-refractivity contribution < 1.29 is 24.2 Å². The number of nitrogens with zero attached hydrogens (tertiary/aromatic N) is 2. The first-order chi connectivity index (χ1) is 18.5. The van der Waals surface area contributed by atoms with Gasteiger partial charge in [-0.2, -0.15) is 0 Å². The van der Waals surface area contributed by atoms with E-state index in [9.17, 15) is 19.5 Å². The number of anilines is 1. The molecule has 0 aliphatic carbocycles. The summed E-state index contributed by atoms with van der Waals surface area (Å²) in [4.78, 5) is 42.6. The van der Waals surface area contributed by atoms with Crippen molar-refractivity contribution in [3.05, 3.63) is 77.4 Å². The lowest BCUT2D eigenvalue weighted by Gasteiger charge is -2.32. The van der Waals surface area contributed by atoms with Crippen LogP contribution in [-0.2, 0) is 19.1 Å². The first kappa shape index (κ1) is 26.9. The maximum absolute atomic E-state index is 14.2. The number of benzene rings is 3. The average Bonchev–Trinajstić information content (AvgIpc) is 3.36. The summed E-state index contributed by atoms with van der Waals surface area (Å²) in [6.45, 7) is 9.05. The van der Waals surface area contributed by atoms with Crippen LogP contribution >= 0.6 is 0 Å². The van der Waals surface area contributed by atoms with Gasteiger partial charge in [-0.1, -0.05) is 80.9 Å². The Morgan fingerprint density at radius 2 is 1.77 bits per heavy atom. The Bertz CT molecular complexity index is 1420. The molecule has 0 saturated carbocycles. The Kier molecular flexibility index (Phi) is 7.21. The van der Waals surface area contributed by atoms with Crippen LogP contribution in [-0.4, -0.2) is 53.0 Å². The number of likely N-dealkylation sites (tertiary alicyclic amines) is 1. The fraction of sp³-hybridized carbons (Fsp3) is 0.406. The van der Waals surface area contributed by atoms with Crippen LogP contribution in [0.15, 0.2) is 60.7 Å². The van der Waals surface area contributed by atoms with Crippen molar-refractivity contribution in [3.8, 4) is 0 Å². The molecule has 3 atom stereocenters. The van der Waals surface area contributed by atoms with E-state index in [4.69, 9.17) is 4.74 Å². The van der Waals surface area contributed by atoms with Gasteiger partial charge in [0, 0.05) is 24.3 Å². The lowest BCUT2D eigenvalue weighted by molar-refractivity contribution is -0.151. The molecule has 0 spiro atoms. The highest BCUT2D eigenvalue weighted by Crippen LogP contribution is 2.42. The third-order valence-electron chi connectivity index (χ3n) is 7.55. The molecule has 1 saturated heterocycles. The largest absolute Gasteiger partial charge is 0.480 e. The van der Waals surface area contributed by atoms with Crippen LogP contribution in [0.5, 0.6) is 0 Å². The van der Waals surface area contributed by atoms with Crippen molar-refractivity contribution in [2.75, 3.05) is 18.0 Å². The third kappa shape index (κ3) is 5.41. The molecule has 1 N–H and O–H groups in total. The van der Waals surface area contributed by atoms with Crippen molar-refractivity contribution >= 4 is 34.2 Å². The van der Waals surface area contributed by atoms with Crippen molar-refractivity contribution in [2.45, 2.75) is 65.2 Å². The topological polar surface area (TPSA) is 87.1 Å². The number of aryl methyl sites for hydroxylation is 1. The van der Waals surface area contributed by atoms with Crippen molar-refractivity contribution in [1.29, 1.82) is 0 Å². The molecule has 2 heterocycles. The SMILES string of the molecule is Cc1ccc2c(c1)C(c1cccc3ccccc13)OC(CC(=O)N1CCC[C@H]1C(=O)O)C(=O)N2CC(C)(C)C. The maximum atomic E-state index is 14.2. The third-order valence-corrected chi connectivity index (χ3v) is 7.55. The maximum Gasteiger partial charge on any atom is 0.326 e. The molecule has 2 amide bonds. The van der Waals surface area contributed by atoms with E-state index in [0.717, 1.165) is 33.2 Å². The molecule has 39 heavy (non-hydrogen) atoms. The van der Waals surface area contributed by atoms with Gasteiger partial charge in [0.2, 0.25) is 5.91 Å². The number of amides is 2. The van der Waals surface area contributed by atoms with E-state index in [1.54, 1.807) is 4.90 Å². The summed E-state index contributed by atoms with van der Waals surface area (Å²) < 4.78 is 6.68. The van der Waals surface area contributed by atoms with Gasteiger partial charge in [0.15, 0.2) is 0 Å². The van der Waals surface area contributed by atoms with Gasteiger partial charge < -0.3 is 19.6 Å². The first-order valence-corrected chi connectivity index (χ1v) is 13.6. The summed E-state index contributed by atoms with van der Waals surface area (Å²) in [6, 6.07) is 19.3. The van der Waals surface area contributed by atoms with Gasteiger partial charge in [0.1, 0.15) is 18.2 Å². The van der Waals surface area contributed by atoms with Crippen LogP contribution in [0.1, 0.15) is 62.8 Å². The van der Waals surface area contributed by atoms with E-state index in [-0.39, 0.29) is 23.7 Å². The zero-order chi connectivity index (χ0) is 27.9. The second-order valence-corrected chi connectivity index (χ2v) is 11.9. The zero-order valence-corrected chi connectivity index (χ0v) is 23.0. The van der Waals surface area contributed by atoms with Crippen LogP contribution in [0.2, 0.25) is 0 Å². The van der Waals surface area contributed by atoms with Gasteiger partial charge in [-0.05, 0) is 47.6 Å². The average molecular weight is 529 g/mol. The van der Waals surface area contributed by atoms with Crippen LogP contribution in [0.4, 0.5) is 5.69 Å². The molecular formula is C32H36N2O5. The summed E-state index contributed by atoms with van der Waals surface area (Å²) in [7, 11) is 0. The molecule has 0 bridgehead atoms. The quantitative estimate of drug-likeness (QED) is 0.474. The highest BCUT2D eigenvalue weighted by Gasteiger charge is 2.42. The van der Waals surface area contributed by atoms with E-state index in [1.807, 2.05) is 61.5 Å². The number of ether oxygens (including phenoxy) is 1. The molecule has 2 aliphatic heterocycles.